The molecule has 0 spiro atoms. The molecule has 7 nitrogen and oxygen atoms in total. The molecule has 1 unspecified atom stereocenters. The summed E-state index contributed by atoms with van der Waals surface area (Å²) in [5.41, 5.74) is 1.89. The summed E-state index contributed by atoms with van der Waals surface area (Å²) in [5.74, 6) is 0.496. The number of fused-ring (bicyclic) bond motifs is 1. The molecule has 2 heterocycles. The van der Waals surface area contributed by atoms with Crippen molar-refractivity contribution in [3.8, 4) is 11.5 Å². The Balaban J connectivity index is 1.99. The molecule has 0 radical (unpaired) electrons. The molecular formula is C25H23ClN2O5S. The number of esters is 1. The summed E-state index contributed by atoms with van der Waals surface area (Å²) < 4.78 is 18.1. The highest BCUT2D eigenvalue weighted by molar-refractivity contribution is 7.07. The molecule has 2 aromatic carbocycles. The highest BCUT2D eigenvalue weighted by Crippen LogP contribution is 2.36. The van der Waals surface area contributed by atoms with E-state index < -0.39 is 12.0 Å². The Morgan fingerprint density at radius 3 is 2.59 bits per heavy atom. The predicted octanol–water partition coefficient (Wildman–Crippen LogP) is 3.47. The summed E-state index contributed by atoms with van der Waals surface area (Å²) in [5, 5.41) is 0.535. The number of ether oxygens (including phenoxy) is 3. The Bertz CT molecular complexity index is 1470. The molecule has 0 saturated heterocycles. The van der Waals surface area contributed by atoms with E-state index in [1.807, 2.05) is 18.2 Å². The van der Waals surface area contributed by atoms with Gasteiger partial charge in [-0.15, -0.1) is 0 Å². The van der Waals surface area contributed by atoms with Gasteiger partial charge < -0.3 is 14.2 Å². The van der Waals surface area contributed by atoms with Crippen LogP contribution < -0.4 is 24.4 Å². The van der Waals surface area contributed by atoms with Crippen molar-refractivity contribution in [2.75, 3.05) is 20.8 Å². The number of hydrogen-bond donors (Lipinski definition) is 0. The first-order chi connectivity index (χ1) is 16.4. The number of nitrogens with zero attached hydrogens (tertiary/aromatic N) is 2. The molecule has 0 fully saturated rings. The number of methoxy groups -OCH3 is 2. The third kappa shape index (κ3) is 4.26. The molecule has 1 atom stereocenters. The van der Waals surface area contributed by atoms with Crippen LogP contribution in [0.2, 0.25) is 5.02 Å². The third-order valence-electron chi connectivity index (χ3n) is 5.43. The highest BCUT2D eigenvalue weighted by Gasteiger charge is 2.33. The topological polar surface area (TPSA) is 79.1 Å². The van der Waals surface area contributed by atoms with Gasteiger partial charge in [0.2, 0.25) is 0 Å². The van der Waals surface area contributed by atoms with Crippen molar-refractivity contribution in [2.45, 2.75) is 19.9 Å². The largest absolute Gasteiger partial charge is 0.493 e. The van der Waals surface area contributed by atoms with E-state index in [1.54, 1.807) is 51.3 Å². The van der Waals surface area contributed by atoms with Crippen LogP contribution in [0.25, 0.3) is 6.08 Å². The summed E-state index contributed by atoms with van der Waals surface area (Å²) in [6.07, 6.45) is 1.74. The van der Waals surface area contributed by atoms with E-state index in [1.165, 1.54) is 23.0 Å². The van der Waals surface area contributed by atoms with Gasteiger partial charge in [-0.2, -0.15) is 0 Å². The van der Waals surface area contributed by atoms with E-state index in [9.17, 15) is 9.59 Å². The Kier molecular flexibility index (Phi) is 6.90. The average Bonchev–Trinajstić information content (AvgIpc) is 3.13. The van der Waals surface area contributed by atoms with Gasteiger partial charge in [0, 0.05) is 5.02 Å². The summed E-state index contributed by atoms with van der Waals surface area (Å²) in [6.45, 7) is 3.67. The number of carbonyl (C=O) groups is 1. The molecule has 1 aliphatic rings. The van der Waals surface area contributed by atoms with Crippen LogP contribution in [0.4, 0.5) is 0 Å². The summed E-state index contributed by atoms with van der Waals surface area (Å²) in [6, 6.07) is 11.8. The van der Waals surface area contributed by atoms with Crippen LogP contribution >= 0.6 is 22.9 Å². The number of allylic oxidation sites excluding steroid dienone is 1. The van der Waals surface area contributed by atoms with E-state index in [0.29, 0.717) is 42.7 Å². The van der Waals surface area contributed by atoms with Gasteiger partial charge in [0.05, 0.1) is 42.7 Å². The van der Waals surface area contributed by atoms with Crippen LogP contribution in [0, 0.1) is 0 Å². The van der Waals surface area contributed by atoms with Crippen LogP contribution in [0.3, 0.4) is 0 Å². The number of halogens is 1. The molecular weight excluding hydrogens is 476 g/mol. The zero-order valence-corrected chi connectivity index (χ0v) is 20.7. The molecule has 0 saturated carbocycles. The second kappa shape index (κ2) is 9.87. The predicted molar refractivity (Wildman–Crippen MR) is 131 cm³/mol. The Morgan fingerprint density at radius 1 is 1.18 bits per heavy atom. The Morgan fingerprint density at radius 2 is 1.91 bits per heavy atom. The zero-order valence-electron chi connectivity index (χ0n) is 19.1. The van der Waals surface area contributed by atoms with Crippen molar-refractivity contribution in [3.05, 3.63) is 89.6 Å². The average molecular weight is 499 g/mol. The van der Waals surface area contributed by atoms with E-state index in [-0.39, 0.29) is 12.2 Å². The lowest BCUT2D eigenvalue weighted by Gasteiger charge is -2.25. The van der Waals surface area contributed by atoms with Gasteiger partial charge in [0.1, 0.15) is 0 Å². The van der Waals surface area contributed by atoms with Crippen molar-refractivity contribution in [1.82, 2.24) is 4.57 Å². The number of hydrogen-bond acceptors (Lipinski definition) is 7. The van der Waals surface area contributed by atoms with Crippen molar-refractivity contribution >= 4 is 35.0 Å². The second-order valence-corrected chi connectivity index (χ2v) is 8.85. The first-order valence-electron chi connectivity index (χ1n) is 10.6. The fourth-order valence-corrected chi connectivity index (χ4v) is 5.09. The Labute approximate surface area is 205 Å². The smallest absolute Gasteiger partial charge is 0.338 e. The van der Waals surface area contributed by atoms with Gasteiger partial charge in [-0.05, 0) is 49.2 Å². The quantitative estimate of drug-likeness (QED) is 0.486. The maximum absolute atomic E-state index is 13.6. The molecule has 176 valence electrons. The van der Waals surface area contributed by atoms with Gasteiger partial charge in [0.25, 0.3) is 5.56 Å². The maximum atomic E-state index is 13.6. The van der Waals surface area contributed by atoms with Gasteiger partial charge in [-0.1, -0.05) is 47.2 Å². The van der Waals surface area contributed by atoms with Crippen LogP contribution in [0.1, 0.15) is 31.0 Å². The van der Waals surface area contributed by atoms with E-state index in [2.05, 4.69) is 4.99 Å². The molecule has 0 bridgehead atoms. The molecule has 34 heavy (non-hydrogen) atoms. The lowest BCUT2D eigenvalue weighted by atomic mass is 9.95. The SMILES string of the molecule is CCOC(=O)C1=C(C)N=c2s/c(=C\c3ccccc3Cl)c(=O)n2C1c1ccc(OC)c(OC)c1. The van der Waals surface area contributed by atoms with Crippen molar-refractivity contribution in [2.24, 2.45) is 4.99 Å². The first-order valence-corrected chi connectivity index (χ1v) is 11.7. The number of carbonyl (C=O) groups excluding carboxylic acids is 1. The highest BCUT2D eigenvalue weighted by atomic mass is 35.5. The lowest BCUT2D eigenvalue weighted by Crippen LogP contribution is -2.40. The van der Waals surface area contributed by atoms with E-state index in [0.717, 1.165) is 5.56 Å². The van der Waals surface area contributed by atoms with Crippen LogP contribution in [-0.4, -0.2) is 31.4 Å². The molecule has 4 rings (SSSR count). The number of aromatic nitrogens is 1. The van der Waals surface area contributed by atoms with Gasteiger partial charge >= 0.3 is 5.97 Å². The molecule has 0 amide bonds. The minimum absolute atomic E-state index is 0.200. The molecule has 0 aliphatic carbocycles. The van der Waals surface area contributed by atoms with Crippen LogP contribution in [0.15, 0.2) is 63.5 Å². The number of thiazole rings is 1. The summed E-state index contributed by atoms with van der Waals surface area (Å²) in [4.78, 5) is 31.7. The van der Waals surface area contributed by atoms with Crippen molar-refractivity contribution in [1.29, 1.82) is 0 Å². The first kappa shape index (κ1) is 23.8. The number of rotatable bonds is 6. The monoisotopic (exact) mass is 498 g/mol. The standard InChI is InChI=1S/C25H23ClN2O5S/c1-5-33-24(30)21-14(2)27-25-28(22(21)16-10-11-18(31-3)19(12-16)32-4)23(29)20(34-25)13-15-8-6-7-9-17(15)26/h6-13,22H,5H2,1-4H3/b20-13-. The molecule has 0 N–H and O–H groups in total. The van der Waals surface area contributed by atoms with Crippen molar-refractivity contribution < 1.29 is 19.0 Å². The number of benzene rings is 2. The van der Waals surface area contributed by atoms with Gasteiger partial charge in [0.15, 0.2) is 16.3 Å². The summed E-state index contributed by atoms with van der Waals surface area (Å²) >= 11 is 7.55. The lowest BCUT2D eigenvalue weighted by molar-refractivity contribution is -0.139. The third-order valence-corrected chi connectivity index (χ3v) is 6.76. The van der Waals surface area contributed by atoms with Crippen LogP contribution in [0.5, 0.6) is 11.5 Å². The van der Waals surface area contributed by atoms with E-state index in [4.69, 9.17) is 25.8 Å². The van der Waals surface area contributed by atoms with Gasteiger partial charge in [-0.25, -0.2) is 9.79 Å². The zero-order chi connectivity index (χ0) is 24.4. The Hall–Kier alpha value is -3.36. The minimum Gasteiger partial charge on any atom is -0.493 e. The molecule has 3 aromatic rings. The normalized spacial score (nSPS) is 15.6. The second-order valence-electron chi connectivity index (χ2n) is 7.44. The fraction of sp³-hybridized carbons (Fsp3) is 0.240. The van der Waals surface area contributed by atoms with E-state index >= 15 is 0 Å². The van der Waals surface area contributed by atoms with Gasteiger partial charge in [-0.3, -0.25) is 9.36 Å². The molecule has 1 aromatic heterocycles. The van der Waals surface area contributed by atoms with Crippen LogP contribution in [-0.2, 0) is 9.53 Å². The van der Waals surface area contributed by atoms with Crippen molar-refractivity contribution in [3.63, 3.8) is 0 Å². The maximum Gasteiger partial charge on any atom is 0.338 e. The summed E-state index contributed by atoms with van der Waals surface area (Å²) in [7, 11) is 3.08. The fourth-order valence-electron chi connectivity index (χ4n) is 3.86. The minimum atomic E-state index is -0.747. The molecule has 9 heteroatoms. The molecule has 1 aliphatic heterocycles.